The van der Waals surface area contributed by atoms with E-state index in [0.717, 1.165) is 17.0 Å². The van der Waals surface area contributed by atoms with Crippen LogP contribution < -0.4 is 0 Å². The molecule has 1 fully saturated rings. The van der Waals surface area contributed by atoms with E-state index in [2.05, 4.69) is 0 Å². The first-order valence-electron chi connectivity index (χ1n) is 3.86. The fraction of sp³-hybridized carbons (Fsp3) is 0.333. The molecule has 2 heteroatoms. The van der Waals surface area contributed by atoms with Gasteiger partial charge in [0.15, 0.2) is 0 Å². The lowest BCUT2D eigenvalue weighted by Crippen LogP contribution is -2.35. The molecule has 0 spiro atoms. The van der Waals surface area contributed by atoms with Crippen LogP contribution in [0.25, 0.3) is 0 Å². The molecule has 0 aliphatic carbocycles. The summed E-state index contributed by atoms with van der Waals surface area (Å²) in [5, 5.41) is 12.1. The summed E-state index contributed by atoms with van der Waals surface area (Å²) < 4.78 is 0. The molecule has 0 aromatic heterocycles. The minimum Gasteiger partial charge on any atom is -0.785 e. The molecular formula is C9H10NO-. The van der Waals surface area contributed by atoms with E-state index in [1.165, 1.54) is 0 Å². The molecule has 58 valence electrons. The molecule has 1 atom stereocenters. The first-order chi connectivity index (χ1) is 5.38. The SMILES string of the molecule is [O-]N1CCC1c1ccccc1. The van der Waals surface area contributed by atoms with Crippen molar-refractivity contribution in [3.05, 3.63) is 41.1 Å². The smallest absolute Gasteiger partial charge is 0.0243 e. The van der Waals surface area contributed by atoms with E-state index in [0.29, 0.717) is 6.54 Å². The molecule has 0 radical (unpaired) electrons. The summed E-state index contributed by atoms with van der Waals surface area (Å²) in [6, 6.07) is 10.1. The van der Waals surface area contributed by atoms with Gasteiger partial charge >= 0.3 is 0 Å². The number of hydroxylamine groups is 2. The standard InChI is InChI=1S/C9H10NO/c11-10-7-6-9(10)8-4-2-1-3-5-8/h1-5,9H,6-7H2/q-1. The molecule has 1 heterocycles. The Hall–Kier alpha value is -0.860. The van der Waals surface area contributed by atoms with E-state index in [-0.39, 0.29) is 6.04 Å². The minimum absolute atomic E-state index is 0.135. The lowest BCUT2D eigenvalue weighted by molar-refractivity contribution is 0.157. The third-order valence-corrected chi connectivity index (χ3v) is 2.15. The lowest BCUT2D eigenvalue weighted by atomic mass is 9.98. The van der Waals surface area contributed by atoms with Crippen molar-refractivity contribution < 1.29 is 0 Å². The van der Waals surface area contributed by atoms with Crippen LogP contribution in [0.15, 0.2) is 30.3 Å². The molecule has 0 bridgehead atoms. The number of nitrogens with zero attached hydrogens (tertiary/aromatic N) is 1. The highest BCUT2D eigenvalue weighted by Gasteiger charge is 2.20. The van der Waals surface area contributed by atoms with Crippen LogP contribution in [0.2, 0.25) is 0 Å². The Balaban J connectivity index is 2.17. The van der Waals surface area contributed by atoms with Crippen LogP contribution in [0, 0.1) is 5.21 Å². The largest absolute Gasteiger partial charge is 0.785 e. The van der Waals surface area contributed by atoms with E-state index >= 15 is 0 Å². The van der Waals surface area contributed by atoms with Crippen molar-refractivity contribution in [1.82, 2.24) is 5.06 Å². The zero-order valence-corrected chi connectivity index (χ0v) is 6.23. The Morgan fingerprint density at radius 2 is 2.00 bits per heavy atom. The molecule has 0 saturated carbocycles. The monoisotopic (exact) mass is 148 g/mol. The molecule has 2 nitrogen and oxygen atoms in total. The molecule has 1 aliphatic heterocycles. The number of rotatable bonds is 1. The zero-order valence-electron chi connectivity index (χ0n) is 6.23. The van der Waals surface area contributed by atoms with Gasteiger partial charge in [0.1, 0.15) is 0 Å². The van der Waals surface area contributed by atoms with Gasteiger partial charge in [0.2, 0.25) is 0 Å². The number of hydrogen-bond donors (Lipinski definition) is 0. The third-order valence-electron chi connectivity index (χ3n) is 2.15. The summed E-state index contributed by atoms with van der Waals surface area (Å²) >= 11 is 0. The maximum Gasteiger partial charge on any atom is 0.0243 e. The van der Waals surface area contributed by atoms with Gasteiger partial charge in [0.25, 0.3) is 0 Å². The average molecular weight is 148 g/mol. The van der Waals surface area contributed by atoms with Gasteiger partial charge in [-0.25, -0.2) is 0 Å². The van der Waals surface area contributed by atoms with Gasteiger partial charge in [-0.15, -0.1) is 0 Å². The highest BCUT2D eigenvalue weighted by Crippen LogP contribution is 2.31. The van der Waals surface area contributed by atoms with E-state index < -0.39 is 0 Å². The van der Waals surface area contributed by atoms with Gasteiger partial charge in [-0.3, -0.25) is 0 Å². The maximum atomic E-state index is 10.9. The fourth-order valence-electron chi connectivity index (χ4n) is 1.37. The summed E-state index contributed by atoms with van der Waals surface area (Å²) in [4.78, 5) is 0. The van der Waals surface area contributed by atoms with Gasteiger partial charge in [-0.1, -0.05) is 30.3 Å². The topological polar surface area (TPSA) is 26.3 Å². The Morgan fingerprint density at radius 3 is 2.45 bits per heavy atom. The first-order valence-corrected chi connectivity index (χ1v) is 3.86. The number of hydrogen-bond acceptors (Lipinski definition) is 2. The van der Waals surface area contributed by atoms with Gasteiger partial charge in [0.05, 0.1) is 0 Å². The highest BCUT2D eigenvalue weighted by molar-refractivity contribution is 5.21. The fourth-order valence-corrected chi connectivity index (χ4v) is 1.37. The molecule has 11 heavy (non-hydrogen) atoms. The minimum atomic E-state index is 0.135. The van der Waals surface area contributed by atoms with Crippen LogP contribution in [0.5, 0.6) is 0 Å². The number of benzene rings is 1. The Kier molecular flexibility index (Phi) is 1.64. The zero-order chi connectivity index (χ0) is 7.68. The van der Waals surface area contributed by atoms with Crippen molar-refractivity contribution in [1.29, 1.82) is 0 Å². The van der Waals surface area contributed by atoms with Crippen LogP contribution in [0.4, 0.5) is 0 Å². The maximum absolute atomic E-state index is 10.9. The van der Waals surface area contributed by atoms with Gasteiger partial charge in [0, 0.05) is 6.04 Å². The second kappa shape index (κ2) is 2.64. The molecule has 0 amide bonds. The lowest BCUT2D eigenvalue weighted by Gasteiger charge is -2.46. The Labute approximate surface area is 66.0 Å². The van der Waals surface area contributed by atoms with Crippen molar-refractivity contribution in [2.75, 3.05) is 6.54 Å². The van der Waals surface area contributed by atoms with E-state index in [4.69, 9.17) is 0 Å². The van der Waals surface area contributed by atoms with Gasteiger partial charge in [-0.05, 0) is 18.5 Å². The van der Waals surface area contributed by atoms with Crippen molar-refractivity contribution in [2.24, 2.45) is 0 Å². The second-order valence-electron chi connectivity index (χ2n) is 2.86. The van der Waals surface area contributed by atoms with Crippen molar-refractivity contribution >= 4 is 0 Å². The molecule has 1 aromatic carbocycles. The van der Waals surface area contributed by atoms with E-state index in [9.17, 15) is 5.21 Å². The molecule has 0 N–H and O–H groups in total. The van der Waals surface area contributed by atoms with E-state index in [1.807, 2.05) is 30.3 Å². The summed E-state index contributed by atoms with van der Waals surface area (Å²) in [5.74, 6) is 0. The van der Waals surface area contributed by atoms with Crippen LogP contribution in [0.1, 0.15) is 18.0 Å². The third kappa shape index (κ3) is 1.15. The molecule has 1 aromatic rings. The first kappa shape index (κ1) is 6.83. The summed E-state index contributed by atoms with van der Waals surface area (Å²) in [6.07, 6.45) is 1.01. The van der Waals surface area contributed by atoms with Gasteiger partial charge < -0.3 is 10.3 Å². The van der Waals surface area contributed by atoms with Crippen molar-refractivity contribution in [3.63, 3.8) is 0 Å². The van der Waals surface area contributed by atoms with Crippen LogP contribution in [0.3, 0.4) is 0 Å². The summed E-state index contributed by atoms with van der Waals surface area (Å²) in [5.41, 5.74) is 1.15. The predicted octanol–water partition coefficient (Wildman–Crippen LogP) is 1.93. The average Bonchev–Trinajstić information content (AvgIpc) is 2.04. The summed E-state index contributed by atoms with van der Waals surface area (Å²) in [6.45, 7) is 0.694. The molecule has 1 aliphatic rings. The van der Waals surface area contributed by atoms with Crippen LogP contribution >= 0.6 is 0 Å². The normalized spacial score (nSPS) is 24.6. The predicted molar refractivity (Wildman–Crippen MR) is 43.9 cm³/mol. The van der Waals surface area contributed by atoms with Gasteiger partial charge in [-0.2, -0.15) is 0 Å². The van der Waals surface area contributed by atoms with Crippen molar-refractivity contribution in [2.45, 2.75) is 12.5 Å². The summed E-state index contributed by atoms with van der Waals surface area (Å²) in [7, 11) is 0. The molecule has 1 saturated heterocycles. The van der Waals surface area contributed by atoms with Crippen molar-refractivity contribution in [3.8, 4) is 0 Å². The Morgan fingerprint density at radius 1 is 1.27 bits per heavy atom. The molecule has 2 rings (SSSR count). The molecular weight excluding hydrogens is 138 g/mol. The van der Waals surface area contributed by atoms with E-state index in [1.54, 1.807) is 0 Å². The van der Waals surface area contributed by atoms with Crippen LogP contribution in [-0.2, 0) is 0 Å². The Bertz CT molecular complexity index is 235. The second-order valence-corrected chi connectivity index (χ2v) is 2.86. The highest BCUT2D eigenvalue weighted by atomic mass is 16.5. The quantitative estimate of drug-likeness (QED) is 0.608. The van der Waals surface area contributed by atoms with Crippen LogP contribution in [-0.4, -0.2) is 11.6 Å². The molecule has 1 unspecified atom stereocenters.